The van der Waals surface area contributed by atoms with Gasteiger partial charge in [0.25, 0.3) is 0 Å². The van der Waals surface area contributed by atoms with Crippen molar-refractivity contribution in [2.24, 2.45) is 5.92 Å². The molecule has 1 atom stereocenters. The van der Waals surface area contributed by atoms with Crippen LogP contribution >= 0.6 is 0 Å². The molecule has 1 aliphatic heterocycles. The Balaban J connectivity index is 1.97. The van der Waals surface area contributed by atoms with Gasteiger partial charge in [-0.3, -0.25) is 4.79 Å². The molecule has 2 rings (SSSR count). The molecule has 1 N–H and O–H groups in total. The summed E-state index contributed by atoms with van der Waals surface area (Å²) in [5.41, 5.74) is -0.328. The van der Waals surface area contributed by atoms with Crippen molar-refractivity contribution in [3.63, 3.8) is 0 Å². The number of ether oxygens (including phenoxy) is 2. The van der Waals surface area contributed by atoms with Gasteiger partial charge in [0.1, 0.15) is 0 Å². The van der Waals surface area contributed by atoms with Gasteiger partial charge in [0.2, 0.25) is 5.91 Å². The topological polar surface area (TPSA) is 59.0 Å². The van der Waals surface area contributed by atoms with Crippen molar-refractivity contribution in [2.45, 2.75) is 57.3 Å². The summed E-state index contributed by atoms with van der Waals surface area (Å²) >= 11 is 0. The summed E-state index contributed by atoms with van der Waals surface area (Å²) in [6.07, 6.45) is 2.81. The lowest BCUT2D eigenvalue weighted by molar-refractivity contribution is -0.172. The van der Waals surface area contributed by atoms with Crippen LogP contribution in [0.4, 0.5) is 0 Å². The quantitative estimate of drug-likeness (QED) is 0.846. The molecule has 20 heavy (non-hydrogen) atoms. The van der Waals surface area contributed by atoms with Crippen LogP contribution in [0.1, 0.15) is 39.5 Å². The number of aliphatic hydroxyl groups excluding tert-OH is 1. The summed E-state index contributed by atoms with van der Waals surface area (Å²) in [5, 5.41) is 9.55. The molecule has 0 aromatic heterocycles. The zero-order chi connectivity index (χ0) is 14.8. The minimum absolute atomic E-state index is 0.0538. The molecule has 0 bridgehead atoms. The fourth-order valence-electron chi connectivity index (χ4n) is 3.32. The molecule has 1 saturated heterocycles. The van der Waals surface area contributed by atoms with Crippen LogP contribution in [-0.4, -0.2) is 60.5 Å². The summed E-state index contributed by atoms with van der Waals surface area (Å²) in [7, 11) is 1.65. The Bertz CT molecular complexity index is 337. The van der Waals surface area contributed by atoms with Crippen LogP contribution in [0.15, 0.2) is 0 Å². The molecule has 2 fully saturated rings. The highest BCUT2D eigenvalue weighted by Crippen LogP contribution is 2.29. The third-order valence-electron chi connectivity index (χ3n) is 4.19. The van der Waals surface area contributed by atoms with Crippen LogP contribution in [0.25, 0.3) is 0 Å². The molecule has 0 aromatic rings. The van der Waals surface area contributed by atoms with E-state index in [2.05, 4.69) is 0 Å². The number of carbonyl (C=O) groups is 1. The molecule has 5 heteroatoms. The first-order chi connectivity index (χ1) is 9.41. The Morgan fingerprint density at radius 2 is 2.00 bits per heavy atom. The second-order valence-corrected chi connectivity index (χ2v) is 6.68. The Labute approximate surface area is 121 Å². The summed E-state index contributed by atoms with van der Waals surface area (Å²) in [6, 6.07) is 0. The SMILES string of the molecule is COCC1CN(C(=O)C2CCC(O)CC2)CC(C)(C)O1. The molecule has 1 amide bonds. The van der Waals surface area contributed by atoms with E-state index >= 15 is 0 Å². The lowest BCUT2D eigenvalue weighted by Gasteiger charge is -2.44. The molecule has 1 saturated carbocycles. The van der Waals surface area contributed by atoms with Crippen molar-refractivity contribution in [1.29, 1.82) is 0 Å². The molecule has 0 spiro atoms. The lowest BCUT2D eigenvalue weighted by Crippen LogP contribution is -2.57. The Morgan fingerprint density at radius 3 is 2.60 bits per heavy atom. The molecular weight excluding hydrogens is 258 g/mol. The molecular formula is C15H27NO4. The Kier molecular flexibility index (Phi) is 5.04. The predicted molar refractivity (Wildman–Crippen MR) is 75.4 cm³/mol. The minimum atomic E-state index is -0.328. The van der Waals surface area contributed by atoms with Gasteiger partial charge in [-0.15, -0.1) is 0 Å². The number of hydrogen-bond acceptors (Lipinski definition) is 4. The van der Waals surface area contributed by atoms with E-state index in [0.29, 0.717) is 19.7 Å². The van der Waals surface area contributed by atoms with Crippen LogP contribution in [0, 0.1) is 5.92 Å². The highest BCUT2D eigenvalue weighted by Gasteiger charge is 2.38. The van der Waals surface area contributed by atoms with Gasteiger partial charge in [0.05, 0.1) is 24.4 Å². The smallest absolute Gasteiger partial charge is 0.225 e. The van der Waals surface area contributed by atoms with E-state index in [9.17, 15) is 9.90 Å². The largest absolute Gasteiger partial charge is 0.393 e. The Morgan fingerprint density at radius 1 is 1.35 bits per heavy atom. The normalized spacial score (nSPS) is 34.0. The van der Waals surface area contributed by atoms with Gasteiger partial charge in [0.15, 0.2) is 0 Å². The minimum Gasteiger partial charge on any atom is -0.393 e. The second-order valence-electron chi connectivity index (χ2n) is 6.68. The van der Waals surface area contributed by atoms with Crippen molar-refractivity contribution in [3.05, 3.63) is 0 Å². The molecule has 2 aliphatic rings. The van der Waals surface area contributed by atoms with E-state index in [1.807, 2.05) is 18.7 Å². The molecule has 1 heterocycles. The van der Waals surface area contributed by atoms with Gasteiger partial charge in [0, 0.05) is 26.1 Å². The first-order valence-electron chi connectivity index (χ1n) is 7.55. The number of methoxy groups -OCH3 is 1. The number of morpholine rings is 1. The van der Waals surface area contributed by atoms with E-state index in [-0.39, 0.29) is 29.6 Å². The summed E-state index contributed by atoms with van der Waals surface area (Å²) in [5.74, 6) is 0.282. The summed E-state index contributed by atoms with van der Waals surface area (Å²) in [4.78, 5) is 14.6. The van der Waals surface area contributed by atoms with E-state index in [1.165, 1.54) is 0 Å². The van der Waals surface area contributed by atoms with Crippen molar-refractivity contribution in [3.8, 4) is 0 Å². The van der Waals surface area contributed by atoms with Gasteiger partial charge in [-0.1, -0.05) is 0 Å². The van der Waals surface area contributed by atoms with Gasteiger partial charge < -0.3 is 19.5 Å². The zero-order valence-corrected chi connectivity index (χ0v) is 12.8. The highest BCUT2D eigenvalue weighted by atomic mass is 16.5. The Hall–Kier alpha value is -0.650. The number of nitrogens with zero attached hydrogens (tertiary/aromatic N) is 1. The maximum Gasteiger partial charge on any atom is 0.225 e. The van der Waals surface area contributed by atoms with Crippen molar-refractivity contribution < 1.29 is 19.4 Å². The van der Waals surface area contributed by atoms with E-state index in [1.54, 1.807) is 7.11 Å². The van der Waals surface area contributed by atoms with Gasteiger partial charge >= 0.3 is 0 Å². The third kappa shape index (κ3) is 3.93. The lowest BCUT2D eigenvalue weighted by atomic mass is 9.86. The molecule has 1 unspecified atom stereocenters. The monoisotopic (exact) mass is 285 g/mol. The van der Waals surface area contributed by atoms with Crippen molar-refractivity contribution in [1.82, 2.24) is 4.90 Å². The summed E-state index contributed by atoms with van der Waals surface area (Å²) in [6.45, 7) is 5.77. The second kappa shape index (κ2) is 6.41. The highest BCUT2D eigenvalue weighted by molar-refractivity contribution is 5.79. The standard InChI is InChI=1S/C15H27NO4/c1-15(2)10-16(8-13(20-15)9-19-3)14(18)11-4-6-12(17)7-5-11/h11-13,17H,4-10H2,1-3H3. The number of rotatable bonds is 3. The van der Waals surface area contributed by atoms with Crippen molar-refractivity contribution >= 4 is 5.91 Å². The summed E-state index contributed by atoms with van der Waals surface area (Å²) < 4.78 is 11.1. The first-order valence-corrected chi connectivity index (χ1v) is 7.55. The van der Waals surface area contributed by atoms with Gasteiger partial charge in [-0.05, 0) is 39.5 Å². The fraction of sp³-hybridized carbons (Fsp3) is 0.933. The molecule has 5 nitrogen and oxygen atoms in total. The average molecular weight is 285 g/mol. The fourth-order valence-corrected chi connectivity index (χ4v) is 3.32. The van der Waals surface area contributed by atoms with Crippen LogP contribution in [0.3, 0.4) is 0 Å². The van der Waals surface area contributed by atoms with Gasteiger partial charge in [-0.2, -0.15) is 0 Å². The van der Waals surface area contributed by atoms with Crippen LogP contribution in [-0.2, 0) is 14.3 Å². The molecule has 0 radical (unpaired) electrons. The molecule has 116 valence electrons. The first kappa shape index (κ1) is 15.7. The number of aliphatic hydroxyl groups is 1. The van der Waals surface area contributed by atoms with E-state index < -0.39 is 0 Å². The zero-order valence-electron chi connectivity index (χ0n) is 12.8. The third-order valence-corrected chi connectivity index (χ3v) is 4.19. The van der Waals surface area contributed by atoms with E-state index in [4.69, 9.17) is 9.47 Å². The van der Waals surface area contributed by atoms with Crippen LogP contribution in [0.2, 0.25) is 0 Å². The predicted octanol–water partition coefficient (Wildman–Crippen LogP) is 1.19. The number of carbonyl (C=O) groups excluding carboxylic acids is 1. The average Bonchev–Trinajstić information content (AvgIpc) is 2.37. The maximum atomic E-state index is 12.6. The maximum absolute atomic E-state index is 12.6. The number of hydrogen-bond donors (Lipinski definition) is 1. The van der Waals surface area contributed by atoms with Crippen LogP contribution < -0.4 is 0 Å². The van der Waals surface area contributed by atoms with Crippen LogP contribution in [0.5, 0.6) is 0 Å². The van der Waals surface area contributed by atoms with E-state index in [0.717, 1.165) is 25.7 Å². The molecule has 0 aromatic carbocycles. The van der Waals surface area contributed by atoms with Gasteiger partial charge in [-0.25, -0.2) is 0 Å². The number of amides is 1. The van der Waals surface area contributed by atoms with Crippen molar-refractivity contribution in [2.75, 3.05) is 26.8 Å². The molecule has 1 aliphatic carbocycles.